The minimum absolute atomic E-state index is 0.169. The maximum absolute atomic E-state index is 13.4. The van der Waals surface area contributed by atoms with Crippen molar-refractivity contribution in [2.24, 2.45) is 0 Å². The number of hydrogen-bond acceptors (Lipinski definition) is 4. The molecule has 0 spiro atoms. The van der Waals surface area contributed by atoms with Gasteiger partial charge in [-0.2, -0.15) is 8.78 Å². The molecule has 0 bridgehead atoms. The van der Waals surface area contributed by atoms with Crippen molar-refractivity contribution in [3.8, 4) is 0 Å². The van der Waals surface area contributed by atoms with Crippen LogP contribution in [0.1, 0.15) is 28.8 Å². The first-order valence-corrected chi connectivity index (χ1v) is 12.2. The quantitative estimate of drug-likeness (QED) is 0.496. The van der Waals surface area contributed by atoms with Crippen LogP contribution in [-0.4, -0.2) is 58.9 Å². The van der Waals surface area contributed by atoms with Gasteiger partial charge in [0.25, 0.3) is 5.91 Å². The molecule has 2 aromatic rings. The molecule has 1 heterocycles. The molecule has 0 saturated carbocycles. The number of nitrogens with zero attached hydrogens (tertiary/aromatic N) is 2. The number of nitrogens with one attached hydrogen (secondary N) is 2. The topological polar surface area (TPSA) is 81.8 Å². The number of hydrogen-bond donors (Lipinski definition) is 2. The van der Waals surface area contributed by atoms with Gasteiger partial charge in [-0.05, 0) is 49.2 Å². The normalized spacial score (nSPS) is 16.9. The van der Waals surface area contributed by atoms with Gasteiger partial charge in [0.05, 0.1) is 6.54 Å². The van der Waals surface area contributed by atoms with Gasteiger partial charge in [0.2, 0.25) is 0 Å². The van der Waals surface area contributed by atoms with E-state index in [0.717, 1.165) is 17.8 Å². The first-order valence-electron chi connectivity index (χ1n) is 10.9. The second-order valence-electron chi connectivity index (χ2n) is 7.88. The molecule has 0 aromatic heterocycles. The summed E-state index contributed by atoms with van der Waals surface area (Å²) in [6.45, 7) is 2.17. The van der Waals surface area contributed by atoms with Gasteiger partial charge in [-0.3, -0.25) is 24.7 Å². The lowest BCUT2D eigenvalue weighted by Crippen LogP contribution is -2.44. The molecule has 0 radical (unpaired) electrons. The third kappa shape index (κ3) is 7.56. The molecule has 0 aliphatic carbocycles. The summed E-state index contributed by atoms with van der Waals surface area (Å²) in [4.78, 5) is 25.0. The maximum atomic E-state index is 13.4. The first kappa shape index (κ1) is 25.7. The zero-order valence-electron chi connectivity index (χ0n) is 18.5. The summed E-state index contributed by atoms with van der Waals surface area (Å²) in [6.07, 6.45) is -2.79. The third-order valence-corrected chi connectivity index (χ3v) is 6.81. The van der Waals surface area contributed by atoms with Crippen molar-refractivity contribution in [2.45, 2.75) is 32.0 Å². The van der Waals surface area contributed by atoms with Crippen LogP contribution in [0, 0.1) is 0 Å². The Morgan fingerprint density at radius 1 is 1.09 bits per heavy atom. The molecule has 2 N–H and O–H groups in total. The second kappa shape index (κ2) is 12.5. The Bertz CT molecular complexity index is 979. The molecular formula is C23H27F3N4O3S. The Morgan fingerprint density at radius 3 is 2.41 bits per heavy atom. The summed E-state index contributed by atoms with van der Waals surface area (Å²) in [5, 5.41) is 0. The van der Waals surface area contributed by atoms with Crippen molar-refractivity contribution >= 4 is 28.5 Å². The van der Waals surface area contributed by atoms with E-state index >= 15 is 0 Å². The Labute approximate surface area is 198 Å². The van der Waals surface area contributed by atoms with Gasteiger partial charge in [-0.15, -0.1) is 0 Å². The number of hydrazine groups is 1. The van der Waals surface area contributed by atoms with Crippen LogP contribution in [-0.2, 0) is 22.3 Å². The lowest BCUT2D eigenvalue weighted by molar-refractivity contribution is -0.132. The second-order valence-corrected chi connectivity index (χ2v) is 9.37. The van der Waals surface area contributed by atoms with Crippen molar-refractivity contribution in [3.05, 3.63) is 65.7 Å². The van der Waals surface area contributed by atoms with Crippen molar-refractivity contribution < 1.29 is 27.0 Å². The van der Waals surface area contributed by atoms with Gasteiger partial charge in [0.1, 0.15) is 17.2 Å². The van der Waals surface area contributed by atoms with E-state index in [1.807, 2.05) is 40.7 Å². The van der Waals surface area contributed by atoms with E-state index in [9.17, 15) is 27.0 Å². The predicted octanol–water partition coefficient (Wildman–Crippen LogP) is 2.82. The monoisotopic (exact) mass is 496 g/mol. The zero-order valence-corrected chi connectivity index (χ0v) is 19.3. The number of benzene rings is 2. The number of anilines is 1. The molecule has 1 aliphatic heterocycles. The molecule has 2 atom stereocenters. The summed E-state index contributed by atoms with van der Waals surface area (Å²) in [5.74, 6) is -1.91. The molecule has 1 aliphatic rings. The molecule has 11 heteroatoms. The van der Waals surface area contributed by atoms with E-state index in [4.69, 9.17) is 0 Å². The van der Waals surface area contributed by atoms with Crippen LogP contribution >= 0.6 is 0 Å². The van der Waals surface area contributed by atoms with Gasteiger partial charge in [0.15, 0.2) is 0 Å². The fraction of sp³-hybridized carbons (Fsp3) is 0.391. The highest BCUT2D eigenvalue weighted by Crippen LogP contribution is 2.20. The summed E-state index contributed by atoms with van der Waals surface area (Å²) in [5.41, 5.74) is 5.30. The van der Waals surface area contributed by atoms with E-state index in [-0.39, 0.29) is 5.56 Å². The van der Waals surface area contributed by atoms with Gasteiger partial charge in [-0.1, -0.05) is 30.3 Å². The fourth-order valence-corrected chi connectivity index (χ4v) is 4.80. The number of likely N-dealkylation sites (tertiary alicyclic amines) is 1. The minimum Gasteiger partial charge on any atom is -0.300 e. The van der Waals surface area contributed by atoms with Crippen molar-refractivity contribution in [3.63, 3.8) is 0 Å². The van der Waals surface area contributed by atoms with Crippen LogP contribution in [0.3, 0.4) is 0 Å². The number of alkyl halides is 3. The van der Waals surface area contributed by atoms with Gasteiger partial charge in [0, 0.05) is 30.1 Å². The molecule has 7 nitrogen and oxygen atoms in total. The van der Waals surface area contributed by atoms with Crippen molar-refractivity contribution in [1.29, 1.82) is 0 Å². The Balaban J connectivity index is 1.60. The number of rotatable bonds is 10. The van der Waals surface area contributed by atoms with E-state index in [1.54, 1.807) is 21.9 Å². The molecule has 2 unspecified atom stereocenters. The van der Waals surface area contributed by atoms with Gasteiger partial charge >= 0.3 is 12.3 Å². The summed E-state index contributed by atoms with van der Waals surface area (Å²) < 4.78 is 52.7. The number of amides is 2. The third-order valence-electron chi connectivity index (χ3n) is 5.34. The maximum Gasteiger partial charge on any atom is 0.317 e. The lowest BCUT2D eigenvalue weighted by Gasteiger charge is -2.24. The molecule has 2 amide bonds. The Kier molecular flexibility index (Phi) is 9.46. The molecule has 184 valence electrons. The molecule has 1 fully saturated rings. The largest absolute Gasteiger partial charge is 0.317 e. The standard InChI is InChI=1S/C23H27F3N4O3S/c24-19-11-13-29(16-19)12-4-14-34(33)30(20-5-2-1-3-6-20)15-17-7-9-18(10-8-17)22(31)27-28-23(32)21(25)26/h1-3,5-10,19,21H,4,11-16H2,(H,27,31)(H,28,32). The fourth-order valence-electron chi connectivity index (χ4n) is 3.56. The average Bonchev–Trinajstić information content (AvgIpc) is 3.26. The van der Waals surface area contributed by atoms with Crippen LogP contribution in [0.5, 0.6) is 0 Å². The van der Waals surface area contributed by atoms with Crippen LogP contribution in [0.25, 0.3) is 0 Å². The van der Waals surface area contributed by atoms with Gasteiger partial charge < -0.3 is 4.90 Å². The number of carbonyl (C=O) groups is 2. The van der Waals surface area contributed by atoms with E-state index < -0.39 is 35.4 Å². The smallest absolute Gasteiger partial charge is 0.300 e. The molecule has 3 rings (SSSR count). The SMILES string of the molecule is O=C(NNC(=O)C(F)F)c1ccc(CN(c2ccccc2)S(=O)CCCN2CCC(F)C2)cc1. The van der Waals surface area contributed by atoms with E-state index in [1.165, 1.54) is 12.1 Å². The average molecular weight is 497 g/mol. The molecular weight excluding hydrogens is 469 g/mol. The first-order chi connectivity index (χ1) is 16.3. The number of carbonyl (C=O) groups excluding carboxylic acids is 2. The highest BCUT2D eigenvalue weighted by molar-refractivity contribution is 7.86. The number of halogens is 3. The Hall–Kier alpha value is -2.92. The molecule has 1 saturated heterocycles. The Morgan fingerprint density at radius 2 is 1.79 bits per heavy atom. The summed E-state index contributed by atoms with van der Waals surface area (Å²) in [7, 11) is -1.33. The highest BCUT2D eigenvalue weighted by Gasteiger charge is 2.22. The van der Waals surface area contributed by atoms with E-state index in [2.05, 4.69) is 0 Å². The van der Waals surface area contributed by atoms with Crippen LogP contribution in [0.4, 0.5) is 18.9 Å². The zero-order chi connectivity index (χ0) is 24.5. The molecule has 2 aromatic carbocycles. The van der Waals surface area contributed by atoms with E-state index in [0.29, 0.717) is 38.2 Å². The summed E-state index contributed by atoms with van der Waals surface area (Å²) >= 11 is 0. The highest BCUT2D eigenvalue weighted by atomic mass is 32.2. The minimum atomic E-state index is -3.23. The summed E-state index contributed by atoms with van der Waals surface area (Å²) in [6, 6.07) is 15.6. The van der Waals surface area contributed by atoms with Crippen LogP contribution in [0.15, 0.2) is 54.6 Å². The predicted molar refractivity (Wildman–Crippen MR) is 124 cm³/mol. The van der Waals surface area contributed by atoms with Gasteiger partial charge in [-0.25, -0.2) is 8.60 Å². The van der Waals surface area contributed by atoms with Crippen molar-refractivity contribution in [1.82, 2.24) is 15.8 Å². The lowest BCUT2D eigenvalue weighted by atomic mass is 10.1. The number of para-hydroxylation sites is 1. The van der Waals surface area contributed by atoms with Crippen LogP contribution in [0.2, 0.25) is 0 Å². The molecule has 34 heavy (non-hydrogen) atoms. The van der Waals surface area contributed by atoms with Crippen LogP contribution < -0.4 is 15.2 Å². The van der Waals surface area contributed by atoms with Crippen molar-refractivity contribution in [2.75, 3.05) is 29.7 Å².